The highest BCUT2D eigenvalue weighted by Crippen LogP contribution is 2.40. The predicted octanol–water partition coefficient (Wildman–Crippen LogP) is 4.17. The molecule has 5 heteroatoms. The number of aromatic nitrogens is 1. The molecule has 1 aliphatic carbocycles. The summed E-state index contributed by atoms with van der Waals surface area (Å²) in [5, 5.41) is 9.96. The Morgan fingerprint density at radius 2 is 2.30 bits per heavy atom. The number of carbonyl (C=O) groups is 1. The molecule has 104 valence electrons. The van der Waals surface area contributed by atoms with Gasteiger partial charge < -0.3 is 5.11 Å². The number of aromatic carboxylic acids is 1. The first-order valence-electron chi connectivity index (χ1n) is 6.58. The molecule has 1 aliphatic rings. The summed E-state index contributed by atoms with van der Waals surface area (Å²) in [4.78, 5) is 16.0. The highest BCUT2D eigenvalue weighted by molar-refractivity contribution is 6.36. The SMILES string of the molecule is CCC1CCc2c1nc1c(F)ccc(Cl)c1c2C(=O)O. The molecule has 0 saturated heterocycles. The lowest BCUT2D eigenvalue weighted by Gasteiger charge is -2.13. The fourth-order valence-electron chi connectivity index (χ4n) is 3.03. The van der Waals surface area contributed by atoms with E-state index >= 15 is 0 Å². The van der Waals surface area contributed by atoms with Crippen molar-refractivity contribution in [3.63, 3.8) is 0 Å². The van der Waals surface area contributed by atoms with Crippen LogP contribution in [0.3, 0.4) is 0 Å². The molecule has 2 aromatic rings. The predicted molar refractivity (Wildman–Crippen MR) is 75.0 cm³/mol. The van der Waals surface area contributed by atoms with Crippen LogP contribution in [-0.4, -0.2) is 16.1 Å². The third-order valence-electron chi connectivity index (χ3n) is 4.01. The van der Waals surface area contributed by atoms with Gasteiger partial charge in [0.2, 0.25) is 0 Å². The molecule has 3 nitrogen and oxygen atoms in total. The van der Waals surface area contributed by atoms with Gasteiger partial charge in [0.1, 0.15) is 11.3 Å². The molecule has 0 radical (unpaired) electrons. The Morgan fingerprint density at radius 1 is 1.55 bits per heavy atom. The Balaban J connectivity index is 2.47. The summed E-state index contributed by atoms with van der Waals surface area (Å²) in [6, 6.07) is 2.61. The van der Waals surface area contributed by atoms with E-state index in [0.29, 0.717) is 12.0 Å². The lowest BCUT2D eigenvalue weighted by Crippen LogP contribution is -2.07. The molecule has 0 spiro atoms. The van der Waals surface area contributed by atoms with Gasteiger partial charge in [0.05, 0.1) is 10.6 Å². The fourth-order valence-corrected chi connectivity index (χ4v) is 3.28. The van der Waals surface area contributed by atoms with Gasteiger partial charge in [-0.15, -0.1) is 0 Å². The minimum absolute atomic E-state index is 0.0639. The normalized spacial score (nSPS) is 17.4. The van der Waals surface area contributed by atoms with Crippen molar-refractivity contribution in [3.05, 3.63) is 39.8 Å². The van der Waals surface area contributed by atoms with Gasteiger partial charge in [0, 0.05) is 17.0 Å². The quantitative estimate of drug-likeness (QED) is 0.904. The number of carboxylic acids is 1. The van der Waals surface area contributed by atoms with E-state index in [0.717, 1.165) is 18.5 Å². The van der Waals surface area contributed by atoms with Crippen LogP contribution in [0.25, 0.3) is 10.9 Å². The summed E-state index contributed by atoms with van der Waals surface area (Å²) in [6.07, 6.45) is 2.38. The third kappa shape index (κ3) is 1.79. The molecule has 3 rings (SSSR count). The number of fused-ring (bicyclic) bond motifs is 2. The minimum atomic E-state index is -1.07. The summed E-state index contributed by atoms with van der Waals surface area (Å²) >= 11 is 6.08. The lowest BCUT2D eigenvalue weighted by atomic mass is 9.99. The molecule has 1 aromatic heterocycles. The fraction of sp³-hybridized carbons (Fsp3) is 0.333. The number of nitrogens with zero attached hydrogens (tertiary/aromatic N) is 1. The Morgan fingerprint density at radius 3 is 2.95 bits per heavy atom. The summed E-state index contributed by atoms with van der Waals surface area (Å²) in [6.45, 7) is 2.03. The van der Waals surface area contributed by atoms with Crippen molar-refractivity contribution in [1.29, 1.82) is 0 Å². The zero-order valence-electron chi connectivity index (χ0n) is 10.9. The van der Waals surface area contributed by atoms with Crippen molar-refractivity contribution >= 4 is 28.5 Å². The van der Waals surface area contributed by atoms with E-state index in [-0.39, 0.29) is 27.4 Å². The van der Waals surface area contributed by atoms with E-state index in [9.17, 15) is 14.3 Å². The van der Waals surface area contributed by atoms with Gasteiger partial charge in [0.15, 0.2) is 0 Å². The summed E-state index contributed by atoms with van der Waals surface area (Å²) < 4.78 is 14.0. The zero-order valence-corrected chi connectivity index (χ0v) is 11.7. The van der Waals surface area contributed by atoms with E-state index in [1.54, 1.807) is 0 Å². The summed E-state index contributed by atoms with van der Waals surface area (Å²) in [7, 11) is 0. The van der Waals surface area contributed by atoms with E-state index in [1.807, 2.05) is 6.92 Å². The van der Waals surface area contributed by atoms with Crippen LogP contribution >= 0.6 is 11.6 Å². The van der Waals surface area contributed by atoms with Crippen LogP contribution in [0, 0.1) is 5.82 Å². The first-order valence-corrected chi connectivity index (χ1v) is 6.96. The van der Waals surface area contributed by atoms with Crippen molar-refractivity contribution in [3.8, 4) is 0 Å². The van der Waals surface area contributed by atoms with Gasteiger partial charge >= 0.3 is 5.97 Å². The molecule has 20 heavy (non-hydrogen) atoms. The van der Waals surface area contributed by atoms with Crippen LogP contribution < -0.4 is 0 Å². The molecule has 1 atom stereocenters. The van der Waals surface area contributed by atoms with Crippen molar-refractivity contribution in [2.45, 2.75) is 32.1 Å². The highest BCUT2D eigenvalue weighted by Gasteiger charge is 2.30. The lowest BCUT2D eigenvalue weighted by molar-refractivity contribution is 0.0698. The van der Waals surface area contributed by atoms with Crippen molar-refractivity contribution < 1.29 is 14.3 Å². The second-order valence-corrected chi connectivity index (χ2v) is 5.46. The summed E-state index contributed by atoms with van der Waals surface area (Å²) in [5.41, 5.74) is 1.61. The van der Waals surface area contributed by atoms with Crippen LogP contribution in [0.4, 0.5) is 4.39 Å². The van der Waals surface area contributed by atoms with Crippen molar-refractivity contribution in [2.75, 3.05) is 0 Å². The van der Waals surface area contributed by atoms with Gasteiger partial charge in [0.25, 0.3) is 0 Å². The molecule has 0 bridgehead atoms. The topological polar surface area (TPSA) is 50.2 Å². The number of halogens is 2. The summed E-state index contributed by atoms with van der Waals surface area (Å²) in [5.74, 6) is -1.40. The van der Waals surface area contributed by atoms with E-state index in [1.165, 1.54) is 12.1 Å². The maximum Gasteiger partial charge on any atom is 0.336 e. The second kappa shape index (κ2) is 4.70. The molecular formula is C15H13ClFNO2. The van der Waals surface area contributed by atoms with Gasteiger partial charge in [-0.3, -0.25) is 0 Å². The van der Waals surface area contributed by atoms with Crippen LogP contribution in [0.5, 0.6) is 0 Å². The van der Waals surface area contributed by atoms with Crippen LogP contribution in [0.15, 0.2) is 12.1 Å². The molecule has 0 aliphatic heterocycles. The molecular weight excluding hydrogens is 281 g/mol. The number of hydrogen-bond acceptors (Lipinski definition) is 2. The zero-order chi connectivity index (χ0) is 14.4. The van der Waals surface area contributed by atoms with Crippen molar-refractivity contribution in [2.24, 2.45) is 0 Å². The maximum atomic E-state index is 14.0. The number of hydrogen-bond donors (Lipinski definition) is 1. The number of rotatable bonds is 2. The largest absolute Gasteiger partial charge is 0.478 e. The van der Waals surface area contributed by atoms with Crippen LogP contribution in [0.1, 0.15) is 47.3 Å². The van der Waals surface area contributed by atoms with E-state index in [4.69, 9.17) is 11.6 Å². The minimum Gasteiger partial charge on any atom is -0.478 e. The van der Waals surface area contributed by atoms with Crippen LogP contribution in [0.2, 0.25) is 5.02 Å². The molecule has 1 unspecified atom stereocenters. The molecule has 0 amide bonds. The van der Waals surface area contributed by atoms with Crippen molar-refractivity contribution in [1.82, 2.24) is 4.98 Å². The van der Waals surface area contributed by atoms with Gasteiger partial charge in [-0.1, -0.05) is 18.5 Å². The number of pyridine rings is 1. The Bertz CT molecular complexity index is 730. The second-order valence-electron chi connectivity index (χ2n) is 5.05. The van der Waals surface area contributed by atoms with Crippen LogP contribution in [-0.2, 0) is 6.42 Å². The molecule has 0 fully saturated rings. The Labute approximate surface area is 120 Å². The highest BCUT2D eigenvalue weighted by atomic mass is 35.5. The molecule has 1 heterocycles. The Hall–Kier alpha value is -1.68. The maximum absolute atomic E-state index is 14.0. The van der Waals surface area contributed by atoms with Gasteiger partial charge in [-0.05, 0) is 37.0 Å². The number of carboxylic acid groups (broad SMARTS) is 1. The van der Waals surface area contributed by atoms with E-state index < -0.39 is 11.8 Å². The molecule has 1 N–H and O–H groups in total. The monoisotopic (exact) mass is 293 g/mol. The first kappa shape index (κ1) is 13.3. The average Bonchev–Trinajstić information content (AvgIpc) is 2.83. The van der Waals surface area contributed by atoms with E-state index in [2.05, 4.69) is 4.98 Å². The third-order valence-corrected chi connectivity index (χ3v) is 4.32. The Kier molecular flexibility index (Phi) is 3.13. The molecule has 1 aromatic carbocycles. The van der Waals surface area contributed by atoms with Gasteiger partial charge in [-0.25, -0.2) is 14.2 Å². The van der Waals surface area contributed by atoms with Gasteiger partial charge in [-0.2, -0.15) is 0 Å². The first-order chi connectivity index (χ1) is 9.54. The smallest absolute Gasteiger partial charge is 0.336 e. The molecule has 0 saturated carbocycles. The number of benzene rings is 1. The average molecular weight is 294 g/mol. The standard InChI is InChI=1S/C15H13ClFNO2/c1-2-7-3-4-8-11(15(19)20)12-9(16)5-6-10(17)14(12)18-13(7)8/h5-7H,2-4H2,1H3,(H,19,20).